The summed E-state index contributed by atoms with van der Waals surface area (Å²) in [6, 6.07) is 21.4. The second-order valence-corrected chi connectivity index (χ2v) is 5.93. The predicted octanol–water partition coefficient (Wildman–Crippen LogP) is 3.99. The number of halogens is 2. The highest BCUT2D eigenvalue weighted by molar-refractivity contribution is 5.36. The maximum Gasteiger partial charge on any atom is 0.127 e. The molecule has 0 aliphatic rings. The largest absolute Gasteiger partial charge is 0.379 e. The number of nitrogens with one attached hydrogen (secondary N) is 1. The molecule has 2 nitrogen and oxygen atoms in total. The first-order valence-electron chi connectivity index (χ1n) is 8.08. The average molecular weight is 339 g/mol. The first kappa shape index (κ1) is 17.3. The molecule has 0 saturated heterocycles. The molecule has 3 aromatic carbocycles. The standard InChI is InChI=1S/C21H19F2NO/c22-19-12-10-18(11-13-19)21(25,17-7-2-1-3-8-17)15-24-14-16-6-4-5-9-20(16)23/h1-13,24-25H,14-15H2/t21-/m1/s1. The Morgan fingerprint density at radius 1 is 0.760 bits per heavy atom. The SMILES string of the molecule is O[C@](CNCc1ccccc1F)(c1ccccc1)c1ccc(F)cc1. The number of hydrogen-bond acceptors (Lipinski definition) is 2. The van der Waals surface area contributed by atoms with Crippen LogP contribution in [0.4, 0.5) is 8.78 Å². The fourth-order valence-corrected chi connectivity index (χ4v) is 2.83. The van der Waals surface area contributed by atoms with Crippen LogP contribution < -0.4 is 5.32 Å². The molecule has 0 unspecified atom stereocenters. The lowest BCUT2D eigenvalue weighted by Crippen LogP contribution is -2.39. The van der Waals surface area contributed by atoms with E-state index in [1.165, 1.54) is 18.2 Å². The summed E-state index contributed by atoms with van der Waals surface area (Å²) in [5.74, 6) is -0.654. The molecule has 4 heteroatoms. The minimum absolute atomic E-state index is 0.164. The van der Waals surface area contributed by atoms with Crippen LogP contribution >= 0.6 is 0 Å². The normalized spacial score (nSPS) is 13.4. The van der Waals surface area contributed by atoms with Crippen molar-refractivity contribution in [1.82, 2.24) is 5.32 Å². The van der Waals surface area contributed by atoms with E-state index in [0.29, 0.717) is 16.7 Å². The van der Waals surface area contributed by atoms with Crippen LogP contribution in [0.5, 0.6) is 0 Å². The van der Waals surface area contributed by atoms with E-state index >= 15 is 0 Å². The smallest absolute Gasteiger partial charge is 0.127 e. The summed E-state index contributed by atoms with van der Waals surface area (Å²) >= 11 is 0. The second-order valence-electron chi connectivity index (χ2n) is 5.93. The molecule has 3 rings (SSSR count). The van der Waals surface area contributed by atoms with Gasteiger partial charge in [-0.1, -0.05) is 60.7 Å². The van der Waals surface area contributed by atoms with Crippen molar-refractivity contribution in [3.8, 4) is 0 Å². The van der Waals surface area contributed by atoms with E-state index in [4.69, 9.17) is 0 Å². The zero-order valence-corrected chi connectivity index (χ0v) is 13.6. The van der Waals surface area contributed by atoms with Crippen molar-refractivity contribution in [1.29, 1.82) is 0 Å². The molecule has 25 heavy (non-hydrogen) atoms. The van der Waals surface area contributed by atoms with Gasteiger partial charge in [-0.3, -0.25) is 0 Å². The molecule has 0 aliphatic heterocycles. The topological polar surface area (TPSA) is 32.3 Å². The Bertz CT molecular complexity index is 821. The lowest BCUT2D eigenvalue weighted by atomic mass is 9.86. The molecular formula is C21H19F2NO. The predicted molar refractivity (Wildman–Crippen MR) is 93.9 cm³/mol. The molecule has 0 heterocycles. The van der Waals surface area contributed by atoms with E-state index in [9.17, 15) is 13.9 Å². The molecule has 128 valence electrons. The van der Waals surface area contributed by atoms with Crippen LogP contribution in [0.2, 0.25) is 0 Å². The molecule has 0 fully saturated rings. The molecule has 2 N–H and O–H groups in total. The Labute approximate surface area is 145 Å². The Balaban J connectivity index is 1.84. The molecule has 0 radical (unpaired) electrons. The Kier molecular flexibility index (Phi) is 5.22. The molecule has 0 aromatic heterocycles. The van der Waals surface area contributed by atoms with Crippen molar-refractivity contribution in [2.45, 2.75) is 12.1 Å². The van der Waals surface area contributed by atoms with Gasteiger partial charge in [-0.15, -0.1) is 0 Å². The summed E-state index contributed by atoms with van der Waals surface area (Å²) in [6.45, 7) is 0.444. The molecule has 1 atom stereocenters. The van der Waals surface area contributed by atoms with Crippen molar-refractivity contribution in [2.24, 2.45) is 0 Å². The minimum atomic E-state index is -1.35. The van der Waals surface area contributed by atoms with Gasteiger partial charge in [0.1, 0.15) is 17.2 Å². The third-order valence-corrected chi connectivity index (χ3v) is 4.23. The van der Waals surface area contributed by atoms with Gasteiger partial charge in [0.2, 0.25) is 0 Å². The Morgan fingerprint density at radius 2 is 1.36 bits per heavy atom. The number of aliphatic hydroxyl groups is 1. The van der Waals surface area contributed by atoms with Crippen molar-refractivity contribution in [2.75, 3.05) is 6.54 Å². The van der Waals surface area contributed by atoms with Gasteiger partial charge in [0.05, 0.1) is 0 Å². The Morgan fingerprint density at radius 3 is 2.04 bits per heavy atom. The summed E-state index contributed by atoms with van der Waals surface area (Å²) < 4.78 is 27.0. The third kappa shape index (κ3) is 3.92. The summed E-state index contributed by atoms with van der Waals surface area (Å²) in [5, 5.41) is 14.4. The molecule has 0 saturated carbocycles. The van der Waals surface area contributed by atoms with Crippen LogP contribution in [0.1, 0.15) is 16.7 Å². The van der Waals surface area contributed by atoms with Crippen LogP contribution in [0.3, 0.4) is 0 Å². The molecule has 3 aromatic rings. The molecule has 0 spiro atoms. The zero-order valence-electron chi connectivity index (χ0n) is 13.6. The molecule has 0 amide bonds. The lowest BCUT2D eigenvalue weighted by Gasteiger charge is -2.30. The second kappa shape index (κ2) is 7.55. The molecular weight excluding hydrogens is 320 g/mol. The maximum absolute atomic E-state index is 13.8. The van der Waals surface area contributed by atoms with Gasteiger partial charge in [0.25, 0.3) is 0 Å². The monoisotopic (exact) mass is 339 g/mol. The van der Waals surface area contributed by atoms with Gasteiger partial charge < -0.3 is 10.4 Å². The van der Waals surface area contributed by atoms with E-state index in [2.05, 4.69) is 5.32 Å². The van der Waals surface area contributed by atoms with Crippen molar-refractivity contribution >= 4 is 0 Å². The van der Waals surface area contributed by atoms with Crippen molar-refractivity contribution in [3.63, 3.8) is 0 Å². The highest BCUT2D eigenvalue weighted by atomic mass is 19.1. The number of rotatable bonds is 6. The van der Waals surface area contributed by atoms with Crippen LogP contribution in [-0.2, 0) is 12.1 Å². The number of benzene rings is 3. The van der Waals surface area contributed by atoms with Gasteiger partial charge in [0.15, 0.2) is 0 Å². The quantitative estimate of drug-likeness (QED) is 0.712. The summed E-state index contributed by atoms with van der Waals surface area (Å²) in [6.07, 6.45) is 0. The maximum atomic E-state index is 13.8. The van der Waals surface area contributed by atoms with E-state index in [1.54, 1.807) is 30.3 Å². The van der Waals surface area contributed by atoms with Crippen LogP contribution in [0.15, 0.2) is 78.9 Å². The van der Waals surface area contributed by atoms with E-state index < -0.39 is 5.60 Å². The zero-order chi connectivity index (χ0) is 17.7. The summed E-state index contributed by atoms with van der Waals surface area (Å²) in [4.78, 5) is 0. The highest BCUT2D eigenvalue weighted by Gasteiger charge is 2.31. The summed E-state index contributed by atoms with van der Waals surface area (Å²) in [7, 11) is 0. The van der Waals surface area contributed by atoms with Gasteiger partial charge in [-0.2, -0.15) is 0 Å². The van der Waals surface area contributed by atoms with Crippen molar-refractivity contribution < 1.29 is 13.9 Å². The van der Waals surface area contributed by atoms with E-state index in [-0.39, 0.29) is 24.7 Å². The van der Waals surface area contributed by atoms with Gasteiger partial charge >= 0.3 is 0 Å². The van der Waals surface area contributed by atoms with Gasteiger partial charge in [-0.25, -0.2) is 8.78 Å². The highest BCUT2D eigenvalue weighted by Crippen LogP contribution is 2.29. The fraction of sp³-hybridized carbons (Fsp3) is 0.143. The van der Waals surface area contributed by atoms with Crippen LogP contribution in [-0.4, -0.2) is 11.7 Å². The van der Waals surface area contributed by atoms with Crippen LogP contribution in [0, 0.1) is 11.6 Å². The fourth-order valence-electron chi connectivity index (χ4n) is 2.83. The van der Waals surface area contributed by atoms with Crippen molar-refractivity contribution in [3.05, 3.63) is 107 Å². The van der Waals surface area contributed by atoms with E-state index in [1.807, 2.05) is 30.3 Å². The number of hydrogen-bond donors (Lipinski definition) is 2. The summed E-state index contributed by atoms with van der Waals surface area (Å²) in [5.41, 5.74) is 0.432. The van der Waals surface area contributed by atoms with Crippen LogP contribution in [0.25, 0.3) is 0 Å². The first-order valence-corrected chi connectivity index (χ1v) is 8.08. The first-order chi connectivity index (χ1) is 12.1. The lowest BCUT2D eigenvalue weighted by molar-refractivity contribution is 0.0794. The minimum Gasteiger partial charge on any atom is -0.379 e. The molecule has 0 aliphatic carbocycles. The van der Waals surface area contributed by atoms with Gasteiger partial charge in [-0.05, 0) is 29.3 Å². The Hall–Kier alpha value is -2.56. The van der Waals surface area contributed by atoms with Gasteiger partial charge in [0, 0.05) is 18.7 Å². The third-order valence-electron chi connectivity index (χ3n) is 4.23. The molecule has 0 bridgehead atoms. The van der Waals surface area contributed by atoms with E-state index in [0.717, 1.165) is 0 Å². The average Bonchev–Trinajstić information content (AvgIpc) is 2.64.